The summed E-state index contributed by atoms with van der Waals surface area (Å²) in [6.45, 7) is 0.792. The fourth-order valence-electron chi connectivity index (χ4n) is 3.67. The minimum absolute atomic E-state index is 0.0231. The van der Waals surface area contributed by atoms with Gasteiger partial charge in [0.15, 0.2) is 5.76 Å². The first kappa shape index (κ1) is 16.8. The topological polar surface area (TPSA) is 67.8 Å². The maximum Gasteiger partial charge on any atom is 0.306 e. The van der Waals surface area contributed by atoms with Crippen molar-refractivity contribution >= 4 is 5.97 Å². The van der Waals surface area contributed by atoms with Gasteiger partial charge < -0.3 is 19.9 Å². The summed E-state index contributed by atoms with van der Waals surface area (Å²) in [6, 6.07) is -0.0231. The van der Waals surface area contributed by atoms with Crippen LogP contribution in [0.1, 0.15) is 38.5 Å². The molecule has 0 aromatic heterocycles. The zero-order chi connectivity index (χ0) is 16.8. The molecule has 1 fully saturated rings. The van der Waals surface area contributed by atoms with Crippen molar-refractivity contribution in [3.8, 4) is 0 Å². The molecule has 3 rings (SSSR count). The van der Waals surface area contributed by atoms with Gasteiger partial charge in [-0.2, -0.15) is 0 Å². The third-order valence-corrected chi connectivity index (χ3v) is 4.97. The second kappa shape index (κ2) is 8.20. The highest BCUT2D eigenvalue weighted by Crippen LogP contribution is 2.30. The maximum absolute atomic E-state index is 11.2. The average Bonchev–Trinajstić information content (AvgIpc) is 2.64. The Morgan fingerprint density at radius 3 is 3.00 bits per heavy atom. The molecule has 24 heavy (non-hydrogen) atoms. The average molecular weight is 331 g/mol. The second-order valence-corrected chi connectivity index (χ2v) is 6.66. The Kier molecular flexibility index (Phi) is 5.75. The highest BCUT2D eigenvalue weighted by molar-refractivity contribution is 5.70. The molecule has 0 radical (unpaired) electrons. The number of rotatable bonds is 6. The van der Waals surface area contributed by atoms with Gasteiger partial charge in [0, 0.05) is 0 Å². The van der Waals surface area contributed by atoms with Crippen molar-refractivity contribution in [2.75, 3.05) is 6.54 Å². The van der Waals surface area contributed by atoms with E-state index in [1.165, 1.54) is 11.8 Å². The molecule has 5 heteroatoms. The SMILES string of the molecule is O=C(O)C1CCCC(CNC(C2=CC=CCC2)C2=COC=CO2)C1. The Morgan fingerprint density at radius 2 is 2.29 bits per heavy atom. The molecule has 130 valence electrons. The van der Waals surface area contributed by atoms with Crippen molar-refractivity contribution in [3.05, 3.63) is 48.3 Å². The van der Waals surface area contributed by atoms with Gasteiger partial charge in [0.1, 0.15) is 18.8 Å². The van der Waals surface area contributed by atoms with E-state index >= 15 is 0 Å². The molecule has 3 unspecified atom stereocenters. The van der Waals surface area contributed by atoms with E-state index in [1.807, 2.05) is 0 Å². The number of allylic oxidation sites excluding steroid dienone is 3. The Labute approximate surface area is 142 Å². The van der Waals surface area contributed by atoms with Crippen LogP contribution in [0.15, 0.2) is 48.3 Å². The number of nitrogens with one attached hydrogen (secondary N) is 1. The molecule has 0 bridgehead atoms. The van der Waals surface area contributed by atoms with Crippen LogP contribution in [0.3, 0.4) is 0 Å². The molecule has 1 heterocycles. The molecular formula is C19H25NO4. The van der Waals surface area contributed by atoms with Crippen LogP contribution in [-0.4, -0.2) is 23.7 Å². The van der Waals surface area contributed by atoms with Crippen LogP contribution in [0.2, 0.25) is 0 Å². The van der Waals surface area contributed by atoms with Gasteiger partial charge in [0.25, 0.3) is 0 Å². The zero-order valence-corrected chi connectivity index (χ0v) is 13.8. The largest absolute Gasteiger partial charge is 0.481 e. The lowest BCUT2D eigenvalue weighted by atomic mass is 9.81. The highest BCUT2D eigenvalue weighted by Gasteiger charge is 2.29. The number of carboxylic acid groups (broad SMARTS) is 1. The van der Waals surface area contributed by atoms with Crippen molar-refractivity contribution in [1.82, 2.24) is 5.32 Å². The second-order valence-electron chi connectivity index (χ2n) is 6.66. The van der Waals surface area contributed by atoms with Crippen LogP contribution in [0.5, 0.6) is 0 Å². The smallest absolute Gasteiger partial charge is 0.306 e. The van der Waals surface area contributed by atoms with E-state index in [9.17, 15) is 9.90 Å². The molecule has 0 amide bonds. The lowest BCUT2D eigenvalue weighted by molar-refractivity contribution is -0.143. The molecule has 3 aliphatic rings. The van der Waals surface area contributed by atoms with Crippen LogP contribution in [0.25, 0.3) is 0 Å². The standard InChI is InChI=1S/C19H25NO4/c21-19(22)16-8-4-5-14(11-16)12-20-18(15-6-2-1-3-7-15)17-13-23-9-10-24-17/h1-2,6,9-10,13-14,16,18,20H,3-5,7-8,11-12H2,(H,21,22). The summed E-state index contributed by atoms with van der Waals surface area (Å²) in [5.74, 6) is 0.290. The quantitative estimate of drug-likeness (QED) is 0.780. The monoisotopic (exact) mass is 331 g/mol. The molecule has 0 spiro atoms. The normalized spacial score (nSPS) is 27.5. The lowest BCUT2D eigenvalue weighted by Gasteiger charge is -2.30. The molecule has 0 aromatic rings. The summed E-state index contributed by atoms with van der Waals surface area (Å²) >= 11 is 0. The first-order valence-electron chi connectivity index (χ1n) is 8.73. The Bertz CT molecular complexity index is 576. The van der Waals surface area contributed by atoms with Gasteiger partial charge in [-0.3, -0.25) is 4.79 Å². The van der Waals surface area contributed by atoms with E-state index in [0.717, 1.165) is 50.8 Å². The van der Waals surface area contributed by atoms with Crippen LogP contribution in [0.4, 0.5) is 0 Å². The van der Waals surface area contributed by atoms with Gasteiger partial charge in [-0.25, -0.2) is 0 Å². The molecule has 1 saturated carbocycles. The van der Waals surface area contributed by atoms with Crippen molar-refractivity contribution in [1.29, 1.82) is 0 Å². The summed E-state index contributed by atoms with van der Waals surface area (Å²) in [4.78, 5) is 11.2. The molecule has 0 aromatic carbocycles. The number of ether oxygens (including phenoxy) is 2. The van der Waals surface area contributed by atoms with Gasteiger partial charge in [-0.15, -0.1) is 0 Å². The number of aliphatic carboxylic acids is 1. The van der Waals surface area contributed by atoms with E-state index in [4.69, 9.17) is 9.47 Å². The molecule has 1 aliphatic heterocycles. The van der Waals surface area contributed by atoms with Gasteiger partial charge in [0.05, 0.1) is 12.0 Å². The first-order valence-corrected chi connectivity index (χ1v) is 8.73. The molecular weight excluding hydrogens is 306 g/mol. The third kappa shape index (κ3) is 4.29. The Hall–Kier alpha value is -2.01. The van der Waals surface area contributed by atoms with Crippen molar-refractivity contribution < 1.29 is 19.4 Å². The number of hydrogen-bond donors (Lipinski definition) is 2. The highest BCUT2D eigenvalue weighted by atomic mass is 16.5. The summed E-state index contributed by atoms with van der Waals surface area (Å²) < 4.78 is 10.9. The number of carbonyl (C=O) groups is 1. The molecule has 5 nitrogen and oxygen atoms in total. The van der Waals surface area contributed by atoms with Crippen LogP contribution >= 0.6 is 0 Å². The molecule has 2 aliphatic carbocycles. The molecule has 3 atom stereocenters. The third-order valence-electron chi connectivity index (χ3n) is 4.97. The van der Waals surface area contributed by atoms with E-state index < -0.39 is 5.97 Å². The fraction of sp³-hybridized carbons (Fsp3) is 0.526. The summed E-state index contributed by atoms with van der Waals surface area (Å²) in [7, 11) is 0. The van der Waals surface area contributed by atoms with E-state index in [-0.39, 0.29) is 12.0 Å². The van der Waals surface area contributed by atoms with Crippen molar-refractivity contribution in [3.63, 3.8) is 0 Å². The summed E-state index contributed by atoms with van der Waals surface area (Å²) in [5, 5.41) is 12.8. The first-order chi connectivity index (χ1) is 11.7. The number of carboxylic acids is 1. The zero-order valence-electron chi connectivity index (χ0n) is 13.8. The van der Waals surface area contributed by atoms with Gasteiger partial charge in [-0.05, 0) is 50.1 Å². The predicted molar refractivity (Wildman–Crippen MR) is 90.7 cm³/mol. The van der Waals surface area contributed by atoms with Gasteiger partial charge >= 0.3 is 5.97 Å². The molecule has 0 saturated heterocycles. The molecule has 2 N–H and O–H groups in total. The van der Waals surface area contributed by atoms with E-state index in [1.54, 1.807) is 12.5 Å². The lowest BCUT2D eigenvalue weighted by Crippen LogP contribution is -2.39. The van der Waals surface area contributed by atoms with E-state index in [2.05, 4.69) is 23.5 Å². The predicted octanol–water partition coefficient (Wildman–Crippen LogP) is 3.47. The van der Waals surface area contributed by atoms with E-state index in [0.29, 0.717) is 5.92 Å². The maximum atomic E-state index is 11.2. The van der Waals surface area contributed by atoms with Crippen LogP contribution < -0.4 is 5.32 Å². The summed E-state index contributed by atoms with van der Waals surface area (Å²) in [5.41, 5.74) is 1.27. The minimum Gasteiger partial charge on any atom is -0.481 e. The Balaban J connectivity index is 1.63. The van der Waals surface area contributed by atoms with Crippen molar-refractivity contribution in [2.24, 2.45) is 11.8 Å². The number of hydrogen-bond acceptors (Lipinski definition) is 4. The fourth-order valence-corrected chi connectivity index (χ4v) is 3.67. The van der Waals surface area contributed by atoms with Crippen molar-refractivity contribution in [2.45, 2.75) is 44.6 Å². The van der Waals surface area contributed by atoms with Gasteiger partial charge in [0.2, 0.25) is 0 Å². The minimum atomic E-state index is -0.659. The Morgan fingerprint density at radius 1 is 1.38 bits per heavy atom. The van der Waals surface area contributed by atoms with Gasteiger partial charge in [-0.1, -0.05) is 24.6 Å². The van der Waals surface area contributed by atoms with Crippen LogP contribution in [0, 0.1) is 11.8 Å². The van der Waals surface area contributed by atoms with Crippen LogP contribution in [-0.2, 0) is 14.3 Å². The summed E-state index contributed by atoms with van der Waals surface area (Å²) in [6.07, 6.45) is 16.7.